The van der Waals surface area contributed by atoms with Crippen LogP contribution in [-0.2, 0) is 15.0 Å². The van der Waals surface area contributed by atoms with Crippen molar-refractivity contribution in [2.75, 3.05) is 25.0 Å². The van der Waals surface area contributed by atoms with Crippen molar-refractivity contribution in [2.45, 2.75) is 102 Å². The third kappa shape index (κ3) is 8.12. The van der Waals surface area contributed by atoms with Gasteiger partial charge in [0.05, 0.1) is 22.8 Å². The maximum atomic E-state index is 13.4. The van der Waals surface area contributed by atoms with E-state index in [9.17, 15) is 23.2 Å². The quantitative estimate of drug-likeness (QED) is 0.162. The summed E-state index contributed by atoms with van der Waals surface area (Å²) < 4.78 is 34.2. The number of nitrogens with one attached hydrogen (secondary N) is 2. The SMILES string of the molecule is CC(C)Oc1cc2nc(C3CCC(CN4CCC(c5ccc(C6(C)CCC(=O)NC6=O)cc5)CC4)CC3)cn2cc1C(=O)Nc1cccc(C(F)F)n1. The minimum atomic E-state index is -2.74. The molecule has 1 aromatic carbocycles. The Morgan fingerprint density at radius 2 is 1.72 bits per heavy atom. The number of hydrogen-bond donors (Lipinski definition) is 2. The molecule has 2 N–H and O–H groups in total. The number of benzene rings is 1. The van der Waals surface area contributed by atoms with E-state index in [0.29, 0.717) is 42.0 Å². The number of rotatable bonds is 10. The van der Waals surface area contributed by atoms with Crippen LogP contribution in [0.5, 0.6) is 5.75 Å². The van der Waals surface area contributed by atoms with Crippen molar-refractivity contribution in [3.05, 3.63) is 89.0 Å². The number of amides is 3. The fourth-order valence-electron chi connectivity index (χ4n) is 8.24. The minimum absolute atomic E-state index is 0.0451. The van der Waals surface area contributed by atoms with Gasteiger partial charge in [-0.3, -0.25) is 19.7 Å². The van der Waals surface area contributed by atoms with Crippen LogP contribution >= 0.6 is 0 Å². The standard InChI is InChI=1S/C41H48F2N6O4/c1-25(2)53-34-21-36-45-33(24-49(36)23-31(34)39(51)46-35-6-4-5-32(44-35)38(42)43)29-9-7-26(8-10-29)22-48-19-16-28(17-20-48)27-11-13-30(14-12-27)41(3)18-15-37(50)47-40(41)52/h4-6,11-14,21,23-26,28-29,38H,7-10,15-20,22H2,1-3H3,(H,44,46,51)(H,47,50,52). The lowest BCUT2D eigenvalue weighted by Gasteiger charge is -2.37. The first kappa shape index (κ1) is 36.6. The topological polar surface area (TPSA) is 118 Å². The Morgan fingerprint density at radius 3 is 2.40 bits per heavy atom. The number of halogens is 2. The Hall–Kier alpha value is -4.71. The zero-order valence-electron chi connectivity index (χ0n) is 30.6. The van der Waals surface area contributed by atoms with Crippen LogP contribution in [0.1, 0.15) is 123 Å². The van der Waals surface area contributed by atoms with Crippen LogP contribution in [0.2, 0.25) is 0 Å². The van der Waals surface area contributed by atoms with E-state index in [1.54, 1.807) is 12.3 Å². The first-order valence-corrected chi connectivity index (χ1v) is 18.9. The molecule has 2 saturated heterocycles. The molecule has 4 aromatic rings. The van der Waals surface area contributed by atoms with E-state index in [1.807, 2.05) is 31.4 Å². The van der Waals surface area contributed by atoms with Gasteiger partial charge < -0.3 is 19.4 Å². The predicted molar refractivity (Wildman–Crippen MR) is 197 cm³/mol. The molecule has 1 unspecified atom stereocenters. The van der Waals surface area contributed by atoms with E-state index in [1.165, 1.54) is 23.8 Å². The number of aromatic nitrogens is 3. The van der Waals surface area contributed by atoms with E-state index >= 15 is 0 Å². The number of anilines is 1. The summed E-state index contributed by atoms with van der Waals surface area (Å²) in [4.78, 5) is 49.1. The molecule has 1 atom stereocenters. The smallest absolute Gasteiger partial charge is 0.280 e. The lowest BCUT2D eigenvalue weighted by molar-refractivity contribution is -0.137. The van der Waals surface area contributed by atoms with Crippen LogP contribution in [0.4, 0.5) is 14.6 Å². The molecule has 2 aliphatic heterocycles. The Kier molecular flexibility index (Phi) is 10.6. The fraction of sp³-hybridized carbons (Fsp3) is 0.488. The highest BCUT2D eigenvalue weighted by Crippen LogP contribution is 2.38. The van der Waals surface area contributed by atoms with Gasteiger partial charge in [-0.2, -0.15) is 0 Å². The largest absolute Gasteiger partial charge is 0.490 e. The second-order valence-electron chi connectivity index (χ2n) is 15.5. The highest BCUT2D eigenvalue weighted by atomic mass is 19.3. The summed E-state index contributed by atoms with van der Waals surface area (Å²) in [5.41, 5.74) is 3.18. The van der Waals surface area contributed by atoms with E-state index in [4.69, 9.17) is 9.72 Å². The van der Waals surface area contributed by atoms with Crippen LogP contribution in [0.3, 0.4) is 0 Å². The Balaban J connectivity index is 0.930. The van der Waals surface area contributed by atoms with E-state index < -0.39 is 23.4 Å². The second-order valence-corrected chi connectivity index (χ2v) is 15.5. The molecule has 5 heterocycles. The molecule has 0 spiro atoms. The molecule has 280 valence electrons. The lowest BCUT2D eigenvalue weighted by Crippen LogP contribution is -2.49. The van der Waals surface area contributed by atoms with Crippen molar-refractivity contribution in [3.63, 3.8) is 0 Å². The number of likely N-dealkylation sites (tertiary alicyclic amines) is 1. The second kappa shape index (κ2) is 15.3. The molecule has 10 nitrogen and oxygen atoms in total. The van der Waals surface area contributed by atoms with E-state index in [2.05, 4.69) is 44.8 Å². The molecule has 1 aliphatic carbocycles. The molecule has 3 aliphatic rings. The summed E-state index contributed by atoms with van der Waals surface area (Å²) in [5, 5.41) is 5.15. The molecular weight excluding hydrogens is 678 g/mol. The summed E-state index contributed by atoms with van der Waals surface area (Å²) >= 11 is 0. The first-order chi connectivity index (χ1) is 25.4. The third-order valence-electron chi connectivity index (χ3n) is 11.4. The fourth-order valence-corrected chi connectivity index (χ4v) is 8.24. The first-order valence-electron chi connectivity index (χ1n) is 18.9. The van der Waals surface area contributed by atoms with Crippen LogP contribution in [0, 0.1) is 5.92 Å². The van der Waals surface area contributed by atoms with Crippen molar-refractivity contribution >= 4 is 29.2 Å². The van der Waals surface area contributed by atoms with Gasteiger partial charge in [-0.1, -0.05) is 30.3 Å². The number of imide groups is 1. The number of fused-ring (bicyclic) bond motifs is 1. The van der Waals surface area contributed by atoms with Gasteiger partial charge in [0.1, 0.15) is 22.9 Å². The summed E-state index contributed by atoms with van der Waals surface area (Å²) in [5.74, 6) is 0.999. The van der Waals surface area contributed by atoms with Crippen molar-refractivity contribution in [1.82, 2.24) is 24.6 Å². The molecule has 3 amide bonds. The Bertz CT molecular complexity index is 1960. The summed E-state index contributed by atoms with van der Waals surface area (Å²) in [6.07, 6.45) is 8.27. The van der Waals surface area contributed by atoms with Gasteiger partial charge >= 0.3 is 0 Å². The monoisotopic (exact) mass is 726 g/mol. The predicted octanol–water partition coefficient (Wildman–Crippen LogP) is 7.55. The van der Waals surface area contributed by atoms with Crippen LogP contribution < -0.4 is 15.4 Å². The van der Waals surface area contributed by atoms with E-state index in [0.717, 1.165) is 69.4 Å². The van der Waals surface area contributed by atoms with Crippen LogP contribution in [0.25, 0.3) is 5.65 Å². The van der Waals surface area contributed by atoms with Gasteiger partial charge in [0, 0.05) is 37.3 Å². The number of carbonyl (C=O) groups is 3. The van der Waals surface area contributed by atoms with Crippen LogP contribution in [0.15, 0.2) is 60.9 Å². The number of piperidine rings is 2. The number of hydrogen-bond acceptors (Lipinski definition) is 7. The van der Waals surface area contributed by atoms with Gasteiger partial charge in [-0.05, 0) is 114 Å². The molecule has 0 radical (unpaired) electrons. The maximum Gasteiger partial charge on any atom is 0.280 e. The van der Waals surface area contributed by atoms with Crippen molar-refractivity contribution in [3.8, 4) is 5.75 Å². The molecular formula is C41H48F2N6O4. The number of pyridine rings is 2. The average molecular weight is 727 g/mol. The number of carbonyl (C=O) groups excluding carboxylic acids is 3. The van der Waals surface area contributed by atoms with Crippen molar-refractivity contribution in [1.29, 1.82) is 0 Å². The summed E-state index contributed by atoms with van der Waals surface area (Å²) in [6, 6.07) is 14.4. The lowest BCUT2D eigenvalue weighted by atomic mass is 9.75. The molecule has 1 saturated carbocycles. The number of imidazole rings is 1. The average Bonchev–Trinajstić information content (AvgIpc) is 3.56. The number of ether oxygens (including phenoxy) is 1. The zero-order chi connectivity index (χ0) is 37.3. The zero-order valence-corrected chi connectivity index (χ0v) is 30.6. The van der Waals surface area contributed by atoms with Gasteiger partial charge in [0.2, 0.25) is 11.8 Å². The highest BCUT2D eigenvalue weighted by molar-refractivity contribution is 6.06. The third-order valence-corrected chi connectivity index (χ3v) is 11.4. The summed E-state index contributed by atoms with van der Waals surface area (Å²) in [7, 11) is 0. The molecule has 3 fully saturated rings. The van der Waals surface area contributed by atoms with E-state index in [-0.39, 0.29) is 29.3 Å². The molecule has 7 rings (SSSR count). The Labute approximate surface area is 308 Å². The number of alkyl halides is 2. The summed E-state index contributed by atoms with van der Waals surface area (Å²) in [6.45, 7) is 8.94. The van der Waals surface area contributed by atoms with Gasteiger partial charge in [-0.15, -0.1) is 0 Å². The maximum absolute atomic E-state index is 13.4. The molecule has 3 aromatic heterocycles. The Morgan fingerprint density at radius 1 is 0.981 bits per heavy atom. The molecule has 0 bridgehead atoms. The van der Waals surface area contributed by atoms with Gasteiger partial charge in [-0.25, -0.2) is 18.7 Å². The molecule has 12 heteroatoms. The van der Waals surface area contributed by atoms with Crippen LogP contribution in [-0.4, -0.2) is 62.7 Å². The normalized spacial score (nSPS) is 23.1. The molecule has 53 heavy (non-hydrogen) atoms. The number of nitrogens with zero attached hydrogens (tertiary/aromatic N) is 4. The van der Waals surface area contributed by atoms with Gasteiger partial charge in [0.15, 0.2) is 0 Å². The minimum Gasteiger partial charge on any atom is -0.490 e. The van der Waals surface area contributed by atoms with Crippen molar-refractivity contribution < 1.29 is 27.9 Å². The highest BCUT2D eigenvalue weighted by Gasteiger charge is 2.40. The van der Waals surface area contributed by atoms with Crippen molar-refractivity contribution in [2.24, 2.45) is 5.92 Å². The van der Waals surface area contributed by atoms with Gasteiger partial charge in [0.25, 0.3) is 12.3 Å².